The molecular weight excluding hydrogens is 224 g/mol. The zero-order valence-electron chi connectivity index (χ0n) is 9.22. The second kappa shape index (κ2) is 4.44. The second-order valence-corrected chi connectivity index (χ2v) is 4.13. The number of piperidine rings is 1. The van der Waals surface area contributed by atoms with Gasteiger partial charge in [0.05, 0.1) is 12.1 Å². The average molecular weight is 238 g/mol. The molecule has 7 nitrogen and oxygen atoms in total. The van der Waals surface area contributed by atoms with E-state index in [1.807, 2.05) is 0 Å². The fourth-order valence-electron chi connectivity index (χ4n) is 2.00. The van der Waals surface area contributed by atoms with Crippen molar-refractivity contribution >= 4 is 17.7 Å². The Morgan fingerprint density at radius 1 is 1.59 bits per heavy atom. The lowest BCUT2D eigenvalue weighted by Gasteiger charge is -2.30. The Morgan fingerprint density at radius 2 is 2.35 bits per heavy atom. The van der Waals surface area contributed by atoms with Crippen molar-refractivity contribution in [1.82, 2.24) is 15.1 Å². The van der Waals surface area contributed by atoms with Crippen molar-refractivity contribution in [2.75, 3.05) is 18.8 Å². The molecule has 0 aliphatic carbocycles. The number of aliphatic carboxylic acids is 1. The molecule has 17 heavy (non-hydrogen) atoms. The van der Waals surface area contributed by atoms with E-state index < -0.39 is 11.9 Å². The highest BCUT2D eigenvalue weighted by molar-refractivity contribution is 5.98. The molecule has 1 saturated heterocycles. The fraction of sp³-hybridized carbons (Fsp3) is 0.500. The van der Waals surface area contributed by atoms with E-state index in [0.717, 1.165) is 0 Å². The Kier molecular flexibility index (Phi) is 2.99. The molecule has 1 atom stereocenters. The van der Waals surface area contributed by atoms with Gasteiger partial charge in [0.25, 0.3) is 5.91 Å². The van der Waals surface area contributed by atoms with Crippen LogP contribution in [0, 0.1) is 5.92 Å². The molecule has 0 radical (unpaired) electrons. The van der Waals surface area contributed by atoms with Gasteiger partial charge < -0.3 is 15.7 Å². The third kappa shape index (κ3) is 2.22. The maximum absolute atomic E-state index is 12.0. The van der Waals surface area contributed by atoms with Crippen molar-refractivity contribution < 1.29 is 14.7 Å². The van der Waals surface area contributed by atoms with Crippen molar-refractivity contribution in [1.29, 1.82) is 0 Å². The van der Waals surface area contributed by atoms with Crippen LogP contribution in [0.2, 0.25) is 0 Å². The van der Waals surface area contributed by atoms with E-state index in [0.29, 0.717) is 24.9 Å². The molecule has 2 rings (SSSR count). The van der Waals surface area contributed by atoms with Gasteiger partial charge >= 0.3 is 5.97 Å². The standard InChI is InChI=1S/C10H14N4O3/c11-8-7(4-12-13-8)9(15)14-3-1-2-6(5-14)10(16)17/h4,6H,1-3,5H2,(H,16,17)(H3,11,12,13). The Morgan fingerprint density at radius 3 is 2.94 bits per heavy atom. The number of rotatable bonds is 2. The number of amides is 1. The van der Waals surface area contributed by atoms with Crippen molar-refractivity contribution in [3.63, 3.8) is 0 Å². The van der Waals surface area contributed by atoms with Crippen molar-refractivity contribution in [2.24, 2.45) is 5.92 Å². The zero-order chi connectivity index (χ0) is 12.4. The van der Waals surface area contributed by atoms with Crippen molar-refractivity contribution in [3.8, 4) is 0 Å². The molecule has 1 aliphatic rings. The molecule has 1 fully saturated rings. The first-order valence-electron chi connectivity index (χ1n) is 5.40. The van der Waals surface area contributed by atoms with Gasteiger partial charge in [0.2, 0.25) is 0 Å². The smallest absolute Gasteiger partial charge is 0.308 e. The number of anilines is 1. The molecular formula is C10H14N4O3. The van der Waals surface area contributed by atoms with Gasteiger partial charge in [-0.2, -0.15) is 5.10 Å². The van der Waals surface area contributed by atoms with Crippen molar-refractivity contribution in [3.05, 3.63) is 11.8 Å². The molecule has 4 N–H and O–H groups in total. The normalized spacial score (nSPS) is 20.2. The van der Waals surface area contributed by atoms with Crippen LogP contribution >= 0.6 is 0 Å². The topological polar surface area (TPSA) is 112 Å². The molecule has 2 heterocycles. The first-order valence-corrected chi connectivity index (χ1v) is 5.40. The predicted octanol–water partition coefficient (Wildman–Crippen LogP) is -0.0713. The second-order valence-electron chi connectivity index (χ2n) is 4.13. The first-order chi connectivity index (χ1) is 8.09. The highest BCUT2D eigenvalue weighted by Crippen LogP contribution is 2.20. The molecule has 0 aromatic carbocycles. The summed E-state index contributed by atoms with van der Waals surface area (Å²) in [6, 6.07) is 0. The molecule has 1 unspecified atom stereocenters. The molecule has 0 saturated carbocycles. The molecule has 0 bridgehead atoms. The number of aromatic amines is 1. The quantitative estimate of drug-likeness (QED) is 0.667. The number of nitrogens with one attached hydrogen (secondary N) is 1. The van der Waals surface area contributed by atoms with Gasteiger partial charge in [0.1, 0.15) is 11.4 Å². The zero-order valence-corrected chi connectivity index (χ0v) is 9.22. The minimum Gasteiger partial charge on any atom is -0.481 e. The molecule has 1 aromatic heterocycles. The van der Waals surface area contributed by atoms with Gasteiger partial charge in [-0.1, -0.05) is 0 Å². The van der Waals surface area contributed by atoms with Gasteiger partial charge in [0.15, 0.2) is 0 Å². The Hall–Kier alpha value is -2.05. The lowest BCUT2D eigenvalue weighted by molar-refractivity contribution is -0.143. The van der Waals surface area contributed by atoms with E-state index in [1.54, 1.807) is 0 Å². The number of H-pyrrole nitrogens is 1. The number of hydrogen-bond acceptors (Lipinski definition) is 4. The molecule has 0 spiro atoms. The summed E-state index contributed by atoms with van der Waals surface area (Å²) in [5.74, 6) is -1.39. The number of hydrogen-bond donors (Lipinski definition) is 3. The molecule has 1 aromatic rings. The van der Waals surface area contributed by atoms with Gasteiger partial charge in [-0.15, -0.1) is 0 Å². The maximum Gasteiger partial charge on any atom is 0.308 e. The highest BCUT2D eigenvalue weighted by Gasteiger charge is 2.29. The molecule has 7 heteroatoms. The van der Waals surface area contributed by atoms with Crippen LogP contribution < -0.4 is 5.73 Å². The number of nitrogens with zero attached hydrogens (tertiary/aromatic N) is 2. The van der Waals surface area contributed by atoms with Crippen LogP contribution in [0.5, 0.6) is 0 Å². The monoisotopic (exact) mass is 238 g/mol. The SMILES string of the molecule is Nc1[nH]ncc1C(=O)N1CCCC(C(=O)O)C1. The van der Waals surface area contributed by atoms with Crippen LogP contribution in [0.3, 0.4) is 0 Å². The maximum atomic E-state index is 12.0. The highest BCUT2D eigenvalue weighted by atomic mass is 16.4. The fourth-order valence-corrected chi connectivity index (χ4v) is 2.00. The number of carbonyl (C=O) groups is 2. The van der Waals surface area contributed by atoms with E-state index >= 15 is 0 Å². The van der Waals surface area contributed by atoms with Crippen LogP contribution in [-0.4, -0.2) is 45.2 Å². The average Bonchev–Trinajstić information content (AvgIpc) is 2.74. The van der Waals surface area contributed by atoms with E-state index in [4.69, 9.17) is 10.8 Å². The van der Waals surface area contributed by atoms with Crippen LogP contribution in [0.25, 0.3) is 0 Å². The summed E-state index contributed by atoms with van der Waals surface area (Å²) in [6.07, 6.45) is 2.67. The largest absolute Gasteiger partial charge is 0.481 e. The van der Waals surface area contributed by atoms with Crippen molar-refractivity contribution in [2.45, 2.75) is 12.8 Å². The number of aromatic nitrogens is 2. The van der Waals surface area contributed by atoms with Gasteiger partial charge in [0, 0.05) is 13.1 Å². The summed E-state index contributed by atoms with van der Waals surface area (Å²) in [7, 11) is 0. The Bertz CT molecular complexity index is 443. The third-order valence-corrected chi connectivity index (χ3v) is 2.96. The summed E-state index contributed by atoms with van der Waals surface area (Å²) >= 11 is 0. The van der Waals surface area contributed by atoms with Gasteiger partial charge in [-0.25, -0.2) is 0 Å². The van der Waals surface area contributed by atoms with E-state index in [-0.39, 0.29) is 18.3 Å². The third-order valence-electron chi connectivity index (χ3n) is 2.96. The summed E-state index contributed by atoms with van der Waals surface area (Å²) in [5.41, 5.74) is 5.86. The van der Waals surface area contributed by atoms with Gasteiger partial charge in [-0.3, -0.25) is 14.7 Å². The summed E-state index contributed by atoms with van der Waals surface area (Å²) in [6.45, 7) is 0.798. The van der Waals surface area contributed by atoms with E-state index in [9.17, 15) is 9.59 Å². The molecule has 92 valence electrons. The summed E-state index contributed by atoms with van der Waals surface area (Å²) < 4.78 is 0. The molecule has 1 aliphatic heterocycles. The number of carboxylic acid groups (broad SMARTS) is 1. The Balaban J connectivity index is 2.10. The van der Waals surface area contributed by atoms with Crippen LogP contribution in [0.4, 0.5) is 5.82 Å². The summed E-state index contributed by atoms with van der Waals surface area (Å²) in [5, 5.41) is 15.1. The summed E-state index contributed by atoms with van der Waals surface area (Å²) in [4.78, 5) is 24.5. The van der Waals surface area contributed by atoms with Crippen LogP contribution in [0.1, 0.15) is 23.2 Å². The van der Waals surface area contributed by atoms with E-state index in [1.165, 1.54) is 11.1 Å². The first kappa shape index (κ1) is 11.4. The van der Waals surface area contributed by atoms with Gasteiger partial charge in [-0.05, 0) is 12.8 Å². The van der Waals surface area contributed by atoms with Crippen LogP contribution in [-0.2, 0) is 4.79 Å². The minimum atomic E-state index is -0.859. The Labute approximate surface area is 97.6 Å². The minimum absolute atomic E-state index is 0.215. The lowest BCUT2D eigenvalue weighted by atomic mass is 9.98. The van der Waals surface area contributed by atoms with Crippen LogP contribution in [0.15, 0.2) is 6.20 Å². The number of carboxylic acids is 1. The van der Waals surface area contributed by atoms with E-state index in [2.05, 4.69) is 10.2 Å². The lowest BCUT2D eigenvalue weighted by Crippen LogP contribution is -2.42. The number of nitrogen functional groups attached to an aromatic ring is 1. The number of carbonyl (C=O) groups excluding carboxylic acids is 1. The predicted molar refractivity (Wildman–Crippen MR) is 59.3 cm³/mol. The number of likely N-dealkylation sites (tertiary alicyclic amines) is 1. The molecule has 1 amide bonds. The number of nitrogens with two attached hydrogens (primary N) is 1.